The second-order valence-corrected chi connectivity index (χ2v) is 3.50. The van der Waals surface area contributed by atoms with Crippen molar-refractivity contribution in [3.05, 3.63) is 34.0 Å². The van der Waals surface area contributed by atoms with E-state index in [1.807, 2.05) is 6.92 Å². The summed E-state index contributed by atoms with van der Waals surface area (Å²) in [5.41, 5.74) is -0.0860. The van der Waals surface area contributed by atoms with Crippen LogP contribution in [0.1, 0.15) is 6.92 Å². The molecule has 0 bridgehead atoms. The zero-order valence-electron chi connectivity index (χ0n) is 8.87. The number of imidazole rings is 1. The highest BCUT2D eigenvalue weighted by molar-refractivity contribution is 6.28. The zero-order chi connectivity index (χ0) is 12.4. The molecule has 0 unspecified atom stereocenters. The highest BCUT2D eigenvalue weighted by atomic mass is 35.5. The third kappa shape index (κ3) is 2.09. The molecular weight excluding hydrogens is 246 g/mol. The van der Waals surface area contributed by atoms with Crippen LogP contribution in [0.5, 0.6) is 0 Å². The van der Waals surface area contributed by atoms with E-state index in [0.717, 1.165) is 6.20 Å². The summed E-state index contributed by atoms with van der Waals surface area (Å²) < 4.78 is 1.74. The Morgan fingerprint density at radius 1 is 1.53 bits per heavy atom. The Morgan fingerprint density at radius 3 is 2.94 bits per heavy atom. The molecule has 8 heteroatoms. The molecule has 0 aliphatic heterocycles. The lowest BCUT2D eigenvalue weighted by Crippen LogP contribution is -2.02. The fraction of sp³-hybridized carbons (Fsp3) is 0.222. The summed E-state index contributed by atoms with van der Waals surface area (Å²) >= 11 is 5.65. The second kappa shape index (κ2) is 4.46. The van der Waals surface area contributed by atoms with Gasteiger partial charge in [-0.05, 0) is 18.5 Å². The Kier molecular flexibility index (Phi) is 3.01. The van der Waals surface area contributed by atoms with Gasteiger partial charge in [-0.15, -0.1) is 0 Å². The molecule has 2 rings (SSSR count). The molecule has 0 aliphatic carbocycles. The molecular formula is C9H8ClN5O2. The summed E-state index contributed by atoms with van der Waals surface area (Å²) in [6, 6.07) is 0. The van der Waals surface area contributed by atoms with Gasteiger partial charge in [-0.25, -0.2) is 15.0 Å². The van der Waals surface area contributed by atoms with E-state index in [0.29, 0.717) is 12.4 Å². The van der Waals surface area contributed by atoms with E-state index in [1.165, 1.54) is 0 Å². The third-order valence-electron chi connectivity index (χ3n) is 2.20. The summed E-state index contributed by atoms with van der Waals surface area (Å²) in [4.78, 5) is 21.8. The normalized spacial score (nSPS) is 10.5. The van der Waals surface area contributed by atoms with Gasteiger partial charge >= 0.3 is 5.69 Å². The van der Waals surface area contributed by atoms with E-state index in [4.69, 9.17) is 11.6 Å². The minimum absolute atomic E-state index is 0.0451. The topological polar surface area (TPSA) is 86.7 Å². The Morgan fingerprint density at radius 2 is 2.29 bits per heavy atom. The summed E-state index contributed by atoms with van der Waals surface area (Å²) in [5, 5.41) is 10.8. The molecule has 0 spiro atoms. The number of hydrogen-bond donors (Lipinski definition) is 0. The molecule has 2 aromatic heterocycles. The first-order valence-corrected chi connectivity index (χ1v) is 5.19. The van der Waals surface area contributed by atoms with Gasteiger partial charge in [0.2, 0.25) is 5.28 Å². The predicted molar refractivity (Wildman–Crippen MR) is 60.6 cm³/mol. The van der Waals surface area contributed by atoms with Gasteiger partial charge in [0.15, 0.2) is 11.5 Å². The lowest BCUT2D eigenvalue weighted by molar-refractivity contribution is -0.384. The number of aromatic nitrogens is 4. The first kappa shape index (κ1) is 11.5. The predicted octanol–water partition coefficient (Wildman–Crippen LogP) is 1.92. The van der Waals surface area contributed by atoms with Gasteiger partial charge in [-0.3, -0.25) is 10.1 Å². The standard InChI is InChI=1S/C9H8ClN5O2/c1-2-14-4-3-11-8(14)7-6(15(16)17)5-12-9(10)13-7/h3-5H,2H2,1H3. The SMILES string of the molecule is CCn1ccnc1-c1nc(Cl)ncc1[N+](=O)[O-]. The minimum Gasteiger partial charge on any atom is -0.330 e. The van der Waals surface area contributed by atoms with Crippen LogP contribution in [-0.2, 0) is 6.54 Å². The molecule has 88 valence electrons. The maximum atomic E-state index is 10.9. The van der Waals surface area contributed by atoms with Gasteiger partial charge in [0, 0.05) is 18.9 Å². The summed E-state index contributed by atoms with van der Waals surface area (Å²) in [6.07, 6.45) is 4.35. The summed E-state index contributed by atoms with van der Waals surface area (Å²) in [6.45, 7) is 2.54. The molecule has 0 N–H and O–H groups in total. The summed E-state index contributed by atoms with van der Waals surface area (Å²) in [5.74, 6) is 0.406. The molecule has 2 aromatic rings. The van der Waals surface area contributed by atoms with E-state index in [2.05, 4.69) is 15.0 Å². The zero-order valence-corrected chi connectivity index (χ0v) is 9.63. The number of nitrogens with zero attached hydrogens (tertiary/aromatic N) is 5. The maximum absolute atomic E-state index is 10.9. The number of aryl methyl sites for hydroxylation is 1. The van der Waals surface area contributed by atoms with E-state index in [1.54, 1.807) is 17.0 Å². The van der Waals surface area contributed by atoms with Crippen molar-refractivity contribution >= 4 is 17.3 Å². The molecule has 0 saturated carbocycles. The Hall–Kier alpha value is -2.02. The monoisotopic (exact) mass is 253 g/mol. The molecule has 0 aromatic carbocycles. The number of nitro groups is 1. The first-order valence-electron chi connectivity index (χ1n) is 4.82. The minimum atomic E-state index is -0.555. The lowest BCUT2D eigenvalue weighted by Gasteiger charge is -2.04. The van der Waals surface area contributed by atoms with Crippen molar-refractivity contribution in [3.8, 4) is 11.5 Å². The molecule has 0 saturated heterocycles. The van der Waals surface area contributed by atoms with E-state index in [9.17, 15) is 10.1 Å². The highest BCUT2D eigenvalue weighted by Crippen LogP contribution is 2.26. The molecule has 0 fully saturated rings. The van der Waals surface area contributed by atoms with Crippen molar-refractivity contribution in [1.82, 2.24) is 19.5 Å². The smallest absolute Gasteiger partial charge is 0.316 e. The van der Waals surface area contributed by atoms with Crippen LogP contribution in [0, 0.1) is 10.1 Å². The van der Waals surface area contributed by atoms with Crippen molar-refractivity contribution in [2.24, 2.45) is 0 Å². The van der Waals surface area contributed by atoms with Crippen molar-refractivity contribution in [2.45, 2.75) is 13.5 Å². The average Bonchev–Trinajstić information content (AvgIpc) is 2.76. The number of halogens is 1. The van der Waals surface area contributed by atoms with Crippen LogP contribution >= 0.6 is 11.6 Å². The molecule has 0 aliphatic rings. The van der Waals surface area contributed by atoms with Gasteiger partial charge in [0.05, 0.1) is 4.92 Å². The van der Waals surface area contributed by atoms with E-state index in [-0.39, 0.29) is 16.7 Å². The number of rotatable bonds is 3. The van der Waals surface area contributed by atoms with Gasteiger partial charge in [0.25, 0.3) is 0 Å². The molecule has 0 atom stereocenters. The largest absolute Gasteiger partial charge is 0.330 e. The molecule has 0 amide bonds. The molecule has 7 nitrogen and oxygen atoms in total. The quantitative estimate of drug-likeness (QED) is 0.474. The Labute approximate surface area is 101 Å². The van der Waals surface area contributed by atoms with Gasteiger partial charge < -0.3 is 4.57 Å². The van der Waals surface area contributed by atoms with Crippen molar-refractivity contribution in [2.75, 3.05) is 0 Å². The first-order chi connectivity index (χ1) is 8.13. The molecule has 0 radical (unpaired) electrons. The van der Waals surface area contributed by atoms with Crippen molar-refractivity contribution in [3.63, 3.8) is 0 Å². The van der Waals surface area contributed by atoms with Crippen LogP contribution in [0.15, 0.2) is 18.6 Å². The molecule has 17 heavy (non-hydrogen) atoms. The fourth-order valence-corrected chi connectivity index (χ4v) is 1.57. The van der Waals surface area contributed by atoms with Crippen LogP contribution in [-0.4, -0.2) is 24.4 Å². The summed E-state index contributed by atoms with van der Waals surface area (Å²) in [7, 11) is 0. The number of hydrogen-bond acceptors (Lipinski definition) is 5. The van der Waals surface area contributed by atoms with E-state index < -0.39 is 4.92 Å². The van der Waals surface area contributed by atoms with Gasteiger partial charge in [-0.2, -0.15) is 0 Å². The van der Waals surface area contributed by atoms with Crippen LogP contribution in [0.25, 0.3) is 11.5 Å². The van der Waals surface area contributed by atoms with Gasteiger partial charge in [0.1, 0.15) is 6.20 Å². The Bertz CT molecular complexity index is 568. The van der Waals surface area contributed by atoms with E-state index >= 15 is 0 Å². The third-order valence-corrected chi connectivity index (χ3v) is 2.39. The average molecular weight is 254 g/mol. The second-order valence-electron chi connectivity index (χ2n) is 3.17. The van der Waals surface area contributed by atoms with Crippen LogP contribution in [0.3, 0.4) is 0 Å². The van der Waals surface area contributed by atoms with Crippen molar-refractivity contribution in [1.29, 1.82) is 0 Å². The highest BCUT2D eigenvalue weighted by Gasteiger charge is 2.21. The molecule has 2 heterocycles. The Balaban J connectivity index is 2.65. The fourth-order valence-electron chi connectivity index (χ4n) is 1.43. The van der Waals surface area contributed by atoms with Crippen LogP contribution in [0.4, 0.5) is 5.69 Å². The maximum Gasteiger partial charge on any atom is 0.316 e. The van der Waals surface area contributed by atoms with Crippen LogP contribution < -0.4 is 0 Å². The van der Waals surface area contributed by atoms with Crippen LogP contribution in [0.2, 0.25) is 5.28 Å². The van der Waals surface area contributed by atoms with Gasteiger partial charge in [-0.1, -0.05) is 0 Å². The van der Waals surface area contributed by atoms with Crippen molar-refractivity contribution < 1.29 is 4.92 Å². The lowest BCUT2D eigenvalue weighted by atomic mass is 10.3.